The molecule has 114 valence electrons. The average Bonchev–Trinajstić information content (AvgIpc) is 2.23. The van der Waals surface area contributed by atoms with Crippen molar-refractivity contribution in [3.63, 3.8) is 0 Å². The van der Waals surface area contributed by atoms with Gasteiger partial charge >= 0.3 is 174 Å². The van der Waals surface area contributed by atoms with Gasteiger partial charge in [0.25, 0.3) is 0 Å². The van der Waals surface area contributed by atoms with E-state index in [0.29, 0.717) is 0 Å². The summed E-state index contributed by atoms with van der Waals surface area (Å²) < 4.78 is 0. The van der Waals surface area contributed by atoms with Gasteiger partial charge in [-0.25, -0.2) is 0 Å². The van der Waals surface area contributed by atoms with E-state index in [9.17, 15) is 0 Å². The fraction of sp³-hybridized carbons (Fsp3) is 0. The van der Waals surface area contributed by atoms with E-state index in [-0.39, 0.29) is 174 Å². The molecule has 0 radical (unpaired) electrons. The Morgan fingerprint density at radius 2 is 0.364 bits per heavy atom. The van der Waals surface area contributed by atoms with Crippen molar-refractivity contribution in [2.75, 3.05) is 0 Å². The van der Waals surface area contributed by atoms with E-state index >= 15 is 0 Å². The van der Waals surface area contributed by atoms with Crippen LogP contribution in [0.15, 0.2) is 32.0 Å². The molecule has 0 heterocycles. The molecular weight excluding hydrogens is 496 g/mol. The van der Waals surface area contributed by atoms with Gasteiger partial charge in [0, 0.05) is 0 Å². The summed E-state index contributed by atoms with van der Waals surface area (Å²) in [5.74, 6) is 0. The largest absolute Gasteiger partial charge is 3.00 e. The van der Waals surface area contributed by atoms with E-state index in [1.165, 1.54) is 0 Å². The van der Waals surface area contributed by atoms with Crippen LogP contribution in [0.3, 0.4) is 0 Å². The summed E-state index contributed by atoms with van der Waals surface area (Å²) in [4.78, 5) is 48.0. The van der Waals surface area contributed by atoms with Gasteiger partial charge in [0.15, 0.2) is 0 Å². The molecule has 0 fully saturated rings. The molecule has 0 aliphatic rings. The molecule has 0 unspecified atom stereocenters. The first-order valence-electron chi connectivity index (χ1n) is 2.19. The molecule has 0 saturated carbocycles. The normalized spacial score (nSPS) is 3.27. The Balaban J connectivity index is -0.00000000947. The zero-order chi connectivity index (χ0) is 16.2. The zero-order valence-corrected chi connectivity index (χ0v) is 21.9. The summed E-state index contributed by atoms with van der Waals surface area (Å²) in [5, 5.41) is 54.0. The van der Waals surface area contributed by atoms with Crippen LogP contribution in [0.1, 0.15) is 0 Å². The average molecular weight is 496 g/mol. The van der Waals surface area contributed by atoms with Crippen LogP contribution >= 0.6 is 0 Å². The quantitative estimate of drug-likeness (QED) is 0.171. The topological polar surface area (TPSA) is 315 Å². The van der Waals surface area contributed by atoms with Gasteiger partial charge in [-0.15, -0.1) is 32.0 Å². The minimum Gasteiger partial charge on any atom is -0.444 e. The first kappa shape index (κ1) is 64.8. The van der Waals surface area contributed by atoms with Crippen molar-refractivity contribution in [2.24, 2.45) is 32.0 Å². The third-order valence-corrected chi connectivity index (χ3v) is 0. The molecule has 0 bridgehead atoms. The number of nitrogens with zero attached hydrogens (tertiary/aromatic N) is 6. The van der Waals surface area contributed by atoms with Crippen LogP contribution < -0.4 is 154 Å². The fourth-order valence-corrected chi connectivity index (χ4v) is 0. The van der Waals surface area contributed by atoms with E-state index in [2.05, 4.69) is 0 Å². The molecule has 18 nitrogen and oxygen atoms in total. The minimum absolute atomic E-state index is 0. The standard InChI is InChI=1S/3K.6HNO2.Rh/c;;;6*2-1-3;/h;;;6*(H,2,3);/q3*+1;;;;;;;+3/p-6. The molecule has 22 heavy (non-hydrogen) atoms. The molecule has 0 saturated heterocycles. The third-order valence-electron chi connectivity index (χ3n) is 0. The maximum atomic E-state index is 8.00. The van der Waals surface area contributed by atoms with Crippen LogP contribution in [-0.2, 0) is 19.5 Å². The van der Waals surface area contributed by atoms with Crippen LogP contribution in [0, 0.1) is 60.7 Å². The molecular formula is K3N6O12Rh. The smallest absolute Gasteiger partial charge is 0.444 e. The van der Waals surface area contributed by atoms with E-state index in [1.807, 2.05) is 0 Å². The Hall–Kier alpha value is 1.93. The molecule has 22 heteroatoms. The van der Waals surface area contributed by atoms with Crippen molar-refractivity contribution in [3.8, 4) is 0 Å². The van der Waals surface area contributed by atoms with Crippen molar-refractivity contribution < 1.29 is 174 Å². The van der Waals surface area contributed by atoms with Gasteiger partial charge in [-0.2, -0.15) is 0 Å². The Morgan fingerprint density at radius 3 is 0.364 bits per heavy atom. The first-order chi connectivity index (χ1) is 8.49. The summed E-state index contributed by atoms with van der Waals surface area (Å²) in [6.07, 6.45) is 0. The maximum Gasteiger partial charge on any atom is 3.00 e. The summed E-state index contributed by atoms with van der Waals surface area (Å²) >= 11 is 0. The predicted octanol–water partition coefficient (Wildman–Crippen LogP) is -7.49. The third kappa shape index (κ3) is 2570. The molecule has 0 amide bonds. The van der Waals surface area contributed by atoms with E-state index in [4.69, 9.17) is 60.7 Å². The van der Waals surface area contributed by atoms with Crippen LogP contribution in [-0.4, -0.2) is 0 Å². The van der Waals surface area contributed by atoms with Gasteiger partial charge in [-0.3, -0.25) is 0 Å². The van der Waals surface area contributed by atoms with Crippen molar-refractivity contribution in [3.05, 3.63) is 60.7 Å². The first-order valence-corrected chi connectivity index (χ1v) is 2.19. The summed E-state index contributed by atoms with van der Waals surface area (Å²) in [5.41, 5.74) is 0. The van der Waals surface area contributed by atoms with Crippen LogP contribution in [0.5, 0.6) is 0 Å². The Kier molecular flexibility index (Phi) is 517. The zero-order valence-electron chi connectivity index (χ0n) is 10.9. The molecule has 0 aliphatic carbocycles. The molecule has 0 aromatic carbocycles. The molecule has 0 rings (SSSR count). The van der Waals surface area contributed by atoms with Gasteiger partial charge < -0.3 is 60.7 Å². The second kappa shape index (κ2) is 175. The van der Waals surface area contributed by atoms with Crippen molar-refractivity contribution in [2.45, 2.75) is 0 Å². The van der Waals surface area contributed by atoms with Crippen molar-refractivity contribution >= 4 is 0 Å². The maximum absolute atomic E-state index is 8.00. The summed E-state index contributed by atoms with van der Waals surface area (Å²) in [6, 6.07) is 0. The SMILES string of the molecule is O=N[O-].O=N[O-].O=N[O-].O=N[O-].O=N[O-].O=N[O-].[K+].[K+].[K+].[Rh+3]. The Morgan fingerprint density at radius 1 is 0.364 bits per heavy atom. The number of hydrogen-bond donors (Lipinski definition) is 0. The molecule has 0 aromatic heterocycles. The van der Waals surface area contributed by atoms with E-state index in [0.717, 1.165) is 32.0 Å². The number of rotatable bonds is 0. The van der Waals surface area contributed by atoms with Gasteiger partial charge in [0.2, 0.25) is 0 Å². The van der Waals surface area contributed by atoms with E-state index in [1.54, 1.807) is 0 Å². The monoisotopic (exact) mass is 496 g/mol. The fourth-order valence-electron chi connectivity index (χ4n) is 0. The molecule has 0 aromatic rings. The molecule has 0 N–H and O–H groups in total. The second-order valence-corrected chi connectivity index (χ2v) is 0.447. The minimum atomic E-state index is 0. The Bertz CT molecular complexity index is 126. The summed E-state index contributed by atoms with van der Waals surface area (Å²) in [7, 11) is 0. The predicted molar refractivity (Wildman–Crippen MR) is 55.0 cm³/mol. The molecule has 0 atom stereocenters. The Labute approximate surface area is 260 Å². The second-order valence-electron chi connectivity index (χ2n) is 0.447. The van der Waals surface area contributed by atoms with Crippen LogP contribution in [0.25, 0.3) is 0 Å². The molecule has 0 spiro atoms. The van der Waals surface area contributed by atoms with Gasteiger partial charge in [0.05, 0.1) is 0 Å². The number of hydrogen-bond acceptors (Lipinski definition) is 18. The van der Waals surface area contributed by atoms with Gasteiger partial charge in [-0.1, -0.05) is 0 Å². The van der Waals surface area contributed by atoms with Crippen LogP contribution in [0.4, 0.5) is 0 Å². The van der Waals surface area contributed by atoms with E-state index < -0.39 is 0 Å². The summed E-state index contributed by atoms with van der Waals surface area (Å²) in [6.45, 7) is 0. The van der Waals surface area contributed by atoms with Crippen LogP contribution in [0.2, 0.25) is 0 Å². The van der Waals surface area contributed by atoms with Crippen molar-refractivity contribution in [1.29, 1.82) is 0 Å². The van der Waals surface area contributed by atoms with Gasteiger partial charge in [-0.05, 0) is 0 Å². The molecule has 0 aliphatic heterocycles. The van der Waals surface area contributed by atoms with Crippen molar-refractivity contribution in [1.82, 2.24) is 0 Å². The van der Waals surface area contributed by atoms with Gasteiger partial charge in [0.1, 0.15) is 0 Å².